The van der Waals surface area contributed by atoms with Crippen molar-refractivity contribution < 1.29 is 4.42 Å². The normalized spacial score (nSPS) is 15.9. The Kier molecular flexibility index (Phi) is 4.46. The van der Waals surface area contributed by atoms with E-state index in [0.29, 0.717) is 5.89 Å². The Morgan fingerprint density at radius 3 is 1.87 bits per heavy atom. The van der Waals surface area contributed by atoms with Gasteiger partial charge in [0.25, 0.3) is 0 Å². The Bertz CT molecular complexity index is 1810. The molecule has 0 radical (unpaired) electrons. The molecule has 0 saturated carbocycles. The summed E-state index contributed by atoms with van der Waals surface area (Å²) in [6, 6.07) is 41.8. The topological polar surface area (TPSA) is 26.0 Å². The maximum Gasteiger partial charge on any atom is 0.227 e. The largest absolute Gasteiger partial charge is 0.436 e. The van der Waals surface area contributed by atoms with Gasteiger partial charge < -0.3 is 4.42 Å². The number of rotatable bonds is 1. The minimum atomic E-state index is -0.403. The highest BCUT2D eigenvalue weighted by Gasteiger charge is 2.51. The molecule has 6 aromatic rings. The number of nitrogens with zero attached hydrogens (tertiary/aromatic N) is 1. The van der Waals surface area contributed by atoms with E-state index in [9.17, 15) is 0 Å². The molecule has 8 rings (SSSR count). The van der Waals surface area contributed by atoms with Crippen LogP contribution in [-0.4, -0.2) is 4.98 Å². The lowest BCUT2D eigenvalue weighted by atomic mass is 9.54. The van der Waals surface area contributed by atoms with Crippen LogP contribution in [0.1, 0.15) is 47.2 Å². The second-order valence-corrected chi connectivity index (χ2v) is 11.8. The van der Waals surface area contributed by atoms with Gasteiger partial charge in [-0.15, -0.1) is 0 Å². The van der Waals surface area contributed by atoms with Crippen LogP contribution in [0.5, 0.6) is 0 Å². The van der Waals surface area contributed by atoms with Crippen molar-refractivity contribution >= 4 is 22.9 Å². The van der Waals surface area contributed by atoms with E-state index in [1.165, 1.54) is 43.2 Å². The highest BCUT2D eigenvalue weighted by atomic mass is 32.2. The molecule has 5 aromatic carbocycles. The summed E-state index contributed by atoms with van der Waals surface area (Å²) in [5.74, 6) is 0.660. The molecule has 0 atom stereocenters. The van der Waals surface area contributed by atoms with Gasteiger partial charge in [-0.2, -0.15) is 0 Å². The van der Waals surface area contributed by atoms with Gasteiger partial charge in [0.1, 0.15) is 5.52 Å². The van der Waals surface area contributed by atoms with Gasteiger partial charge in [0.15, 0.2) is 5.58 Å². The third kappa shape index (κ3) is 2.77. The van der Waals surface area contributed by atoms with Gasteiger partial charge in [0, 0.05) is 20.8 Å². The lowest BCUT2D eigenvalue weighted by molar-refractivity contribution is 0.549. The van der Waals surface area contributed by atoms with Gasteiger partial charge in [-0.25, -0.2) is 4.98 Å². The number of benzene rings is 5. The van der Waals surface area contributed by atoms with Crippen LogP contribution in [0.2, 0.25) is 0 Å². The van der Waals surface area contributed by atoms with E-state index < -0.39 is 5.41 Å². The van der Waals surface area contributed by atoms with Gasteiger partial charge in [-0.05, 0) is 63.7 Å². The maximum absolute atomic E-state index is 6.17. The minimum Gasteiger partial charge on any atom is -0.436 e. The van der Waals surface area contributed by atoms with Gasteiger partial charge in [-0.1, -0.05) is 111 Å². The molecule has 0 N–H and O–H groups in total. The van der Waals surface area contributed by atoms with E-state index in [4.69, 9.17) is 9.40 Å². The van der Waals surface area contributed by atoms with Crippen LogP contribution in [0.25, 0.3) is 22.6 Å². The van der Waals surface area contributed by atoms with Crippen molar-refractivity contribution in [2.45, 2.75) is 34.5 Å². The fourth-order valence-electron chi connectivity index (χ4n) is 6.76. The van der Waals surface area contributed by atoms with Crippen LogP contribution in [-0.2, 0) is 10.8 Å². The van der Waals surface area contributed by atoms with Crippen LogP contribution in [0, 0.1) is 0 Å². The molecule has 0 amide bonds. The van der Waals surface area contributed by atoms with Gasteiger partial charge >= 0.3 is 0 Å². The number of hydrogen-bond donors (Lipinski definition) is 0. The van der Waals surface area contributed by atoms with E-state index in [0.717, 1.165) is 16.7 Å². The van der Waals surface area contributed by atoms with Crippen molar-refractivity contribution in [1.82, 2.24) is 4.98 Å². The molecule has 2 nitrogen and oxygen atoms in total. The Balaban J connectivity index is 1.47. The molecule has 0 fully saturated rings. The van der Waals surface area contributed by atoms with Crippen LogP contribution >= 0.6 is 11.8 Å². The summed E-state index contributed by atoms with van der Waals surface area (Å²) >= 11 is 1.85. The van der Waals surface area contributed by atoms with Crippen LogP contribution in [0.15, 0.2) is 129 Å². The van der Waals surface area contributed by atoms with Gasteiger partial charge in [-0.3, -0.25) is 0 Å². The predicted molar refractivity (Wildman–Crippen MR) is 154 cm³/mol. The third-order valence-electron chi connectivity index (χ3n) is 8.45. The lowest BCUT2D eigenvalue weighted by Gasteiger charge is -2.50. The monoisotopic (exact) mass is 507 g/mol. The first-order chi connectivity index (χ1) is 18.6. The smallest absolute Gasteiger partial charge is 0.227 e. The van der Waals surface area contributed by atoms with Crippen molar-refractivity contribution in [3.8, 4) is 11.5 Å². The SMILES string of the molecule is CC1(C)c2ccccc2C2(c3ccccc3Sc3cc(-c4nc5ccccc5o4)ccc32)c2ccccc21. The molecule has 0 unspecified atom stereocenters. The zero-order valence-corrected chi connectivity index (χ0v) is 22.0. The first-order valence-corrected chi connectivity index (χ1v) is 13.9. The van der Waals surface area contributed by atoms with Crippen LogP contribution in [0.3, 0.4) is 0 Å². The molecule has 1 aliphatic carbocycles. The Morgan fingerprint density at radius 2 is 1.16 bits per heavy atom. The Morgan fingerprint density at radius 1 is 0.579 bits per heavy atom. The first-order valence-electron chi connectivity index (χ1n) is 13.1. The molecule has 182 valence electrons. The molecule has 1 aromatic heterocycles. The minimum absolute atomic E-state index is 0.101. The van der Waals surface area contributed by atoms with Crippen molar-refractivity contribution in [3.63, 3.8) is 0 Å². The molecule has 2 aliphatic rings. The zero-order chi connectivity index (χ0) is 25.5. The van der Waals surface area contributed by atoms with Crippen LogP contribution < -0.4 is 0 Å². The Hall–Kier alpha value is -4.08. The highest BCUT2D eigenvalue weighted by molar-refractivity contribution is 7.99. The van der Waals surface area contributed by atoms with E-state index in [2.05, 4.69) is 105 Å². The van der Waals surface area contributed by atoms with Crippen molar-refractivity contribution in [3.05, 3.63) is 149 Å². The lowest BCUT2D eigenvalue weighted by Crippen LogP contribution is -2.43. The van der Waals surface area contributed by atoms with Crippen molar-refractivity contribution in [2.24, 2.45) is 0 Å². The van der Waals surface area contributed by atoms with Crippen molar-refractivity contribution in [2.75, 3.05) is 0 Å². The molecular weight excluding hydrogens is 482 g/mol. The molecule has 1 spiro atoms. The maximum atomic E-state index is 6.17. The van der Waals surface area contributed by atoms with Gasteiger partial charge in [0.2, 0.25) is 5.89 Å². The molecule has 0 bridgehead atoms. The summed E-state index contributed by atoms with van der Waals surface area (Å²) in [7, 11) is 0. The summed E-state index contributed by atoms with van der Waals surface area (Å²) in [5, 5.41) is 0. The summed E-state index contributed by atoms with van der Waals surface area (Å²) in [6.45, 7) is 4.72. The van der Waals surface area contributed by atoms with E-state index in [-0.39, 0.29) is 5.41 Å². The molecular formula is C35H25NOS. The summed E-state index contributed by atoms with van der Waals surface area (Å²) in [5.41, 5.74) is 10.4. The standard InChI is InChI=1S/C35H25NOS/c1-34(2)23-11-3-5-13-25(23)35(26-14-6-4-12-24(26)34)27-15-7-10-18-31(27)38-32-21-22(19-20-28(32)35)33-36-29-16-8-9-17-30(29)37-33/h3-21H,1-2H3. The van der Waals surface area contributed by atoms with Gasteiger partial charge in [0.05, 0.1) is 5.41 Å². The number of hydrogen-bond acceptors (Lipinski definition) is 3. The third-order valence-corrected chi connectivity index (χ3v) is 9.58. The van der Waals surface area contributed by atoms with E-state index >= 15 is 0 Å². The Labute approximate surface area is 226 Å². The first kappa shape index (κ1) is 22.0. The van der Waals surface area contributed by atoms with E-state index in [1.54, 1.807) is 0 Å². The summed E-state index contributed by atoms with van der Waals surface area (Å²) < 4.78 is 6.17. The number of para-hydroxylation sites is 2. The predicted octanol–water partition coefficient (Wildman–Crippen LogP) is 8.98. The zero-order valence-electron chi connectivity index (χ0n) is 21.2. The summed E-state index contributed by atoms with van der Waals surface area (Å²) in [6.07, 6.45) is 0. The fourth-order valence-corrected chi connectivity index (χ4v) is 7.99. The average molecular weight is 508 g/mol. The molecule has 1 aliphatic heterocycles. The average Bonchev–Trinajstić information content (AvgIpc) is 3.40. The van der Waals surface area contributed by atoms with E-state index in [1.807, 2.05) is 36.0 Å². The fraction of sp³-hybridized carbons (Fsp3) is 0.114. The van der Waals surface area contributed by atoms with Crippen LogP contribution in [0.4, 0.5) is 0 Å². The number of aromatic nitrogens is 1. The molecule has 3 heteroatoms. The molecule has 38 heavy (non-hydrogen) atoms. The second kappa shape index (κ2) is 7.72. The molecule has 0 saturated heterocycles. The second-order valence-electron chi connectivity index (χ2n) is 10.8. The quantitative estimate of drug-likeness (QED) is 0.222. The van der Waals surface area contributed by atoms with Crippen molar-refractivity contribution in [1.29, 1.82) is 0 Å². The number of oxazole rings is 1. The summed E-state index contributed by atoms with van der Waals surface area (Å²) in [4.78, 5) is 7.33. The number of fused-ring (bicyclic) bond motifs is 9. The highest BCUT2D eigenvalue weighted by Crippen LogP contribution is 2.61. The molecule has 2 heterocycles.